The fraction of sp³-hybridized carbons (Fsp3) is 0.846. The normalized spacial score (nSPS) is 13.6. The van der Waals surface area contributed by atoms with Gasteiger partial charge in [0.1, 0.15) is 0 Å². The number of rotatable bonds is 20. The SMILES string of the molecule is [CH2]C([CH2])([CH2])[C](CCCCCCCCCCCCCCCC(C)C)CC(O)CO. The number of aliphatic hydroxyl groups is 2. The Balaban J connectivity index is 3.44. The van der Waals surface area contributed by atoms with Crippen molar-refractivity contribution in [1.82, 2.24) is 0 Å². The number of hydrogen-bond acceptors (Lipinski definition) is 2. The maximum Gasteiger partial charge on any atom is 0.0776 e. The van der Waals surface area contributed by atoms with Crippen LogP contribution in [-0.4, -0.2) is 22.9 Å². The zero-order chi connectivity index (χ0) is 21.3. The van der Waals surface area contributed by atoms with E-state index in [-0.39, 0.29) is 6.61 Å². The van der Waals surface area contributed by atoms with Crippen molar-refractivity contribution in [1.29, 1.82) is 0 Å². The Morgan fingerprint density at radius 2 is 1.11 bits per heavy atom. The summed E-state index contributed by atoms with van der Waals surface area (Å²) in [5, 5.41) is 18.7. The number of hydrogen-bond donors (Lipinski definition) is 2. The largest absolute Gasteiger partial charge is 0.394 e. The molecule has 2 N–H and O–H groups in total. The summed E-state index contributed by atoms with van der Waals surface area (Å²) in [4.78, 5) is 0. The van der Waals surface area contributed by atoms with Crippen LogP contribution in [0.15, 0.2) is 0 Å². The van der Waals surface area contributed by atoms with Gasteiger partial charge in [0.2, 0.25) is 0 Å². The smallest absolute Gasteiger partial charge is 0.0776 e. The second-order valence-electron chi connectivity index (χ2n) is 9.45. The number of aliphatic hydroxyl groups excluding tert-OH is 2. The van der Waals surface area contributed by atoms with Crippen LogP contribution in [0, 0.1) is 38.0 Å². The minimum Gasteiger partial charge on any atom is -0.394 e. The monoisotopic (exact) mass is 394 g/mol. The fourth-order valence-electron chi connectivity index (χ4n) is 3.77. The van der Waals surface area contributed by atoms with Gasteiger partial charge >= 0.3 is 0 Å². The van der Waals surface area contributed by atoms with Gasteiger partial charge in [0, 0.05) is 0 Å². The van der Waals surface area contributed by atoms with E-state index < -0.39 is 11.5 Å². The Morgan fingerprint density at radius 3 is 1.46 bits per heavy atom. The summed E-state index contributed by atoms with van der Waals surface area (Å²) < 4.78 is 0. The maximum atomic E-state index is 9.67. The Morgan fingerprint density at radius 1 is 0.714 bits per heavy atom. The second kappa shape index (κ2) is 17.8. The van der Waals surface area contributed by atoms with E-state index in [1.165, 1.54) is 83.5 Å². The van der Waals surface area contributed by atoms with E-state index >= 15 is 0 Å². The van der Waals surface area contributed by atoms with Crippen molar-refractivity contribution >= 4 is 0 Å². The minimum absolute atomic E-state index is 0.211. The summed E-state index contributed by atoms with van der Waals surface area (Å²) in [5.41, 5.74) is -0.620. The molecule has 28 heavy (non-hydrogen) atoms. The van der Waals surface area contributed by atoms with Crippen LogP contribution >= 0.6 is 0 Å². The van der Waals surface area contributed by atoms with Gasteiger partial charge in [0.25, 0.3) is 0 Å². The van der Waals surface area contributed by atoms with Gasteiger partial charge in [-0.05, 0) is 50.9 Å². The lowest BCUT2D eigenvalue weighted by Gasteiger charge is -2.31. The van der Waals surface area contributed by atoms with E-state index in [1.54, 1.807) is 0 Å². The van der Waals surface area contributed by atoms with Crippen LogP contribution in [0.5, 0.6) is 0 Å². The van der Waals surface area contributed by atoms with Gasteiger partial charge in [0.05, 0.1) is 12.7 Å². The molecule has 2 heteroatoms. The first-order valence-corrected chi connectivity index (χ1v) is 12.0. The highest BCUT2D eigenvalue weighted by molar-refractivity contribution is 5.13. The molecule has 0 heterocycles. The molecule has 0 aliphatic heterocycles. The molecule has 0 amide bonds. The predicted molar refractivity (Wildman–Crippen MR) is 124 cm³/mol. The van der Waals surface area contributed by atoms with Gasteiger partial charge in [-0.3, -0.25) is 0 Å². The molecule has 1 unspecified atom stereocenters. The van der Waals surface area contributed by atoms with Crippen LogP contribution < -0.4 is 0 Å². The van der Waals surface area contributed by atoms with Gasteiger partial charge in [-0.1, -0.05) is 104 Å². The van der Waals surface area contributed by atoms with E-state index in [0.29, 0.717) is 6.42 Å². The highest BCUT2D eigenvalue weighted by Gasteiger charge is 2.27. The Kier molecular flexibility index (Phi) is 17.7. The molecule has 1 atom stereocenters. The molecule has 0 aromatic carbocycles. The van der Waals surface area contributed by atoms with Crippen molar-refractivity contribution in [3.63, 3.8) is 0 Å². The average Bonchev–Trinajstić information content (AvgIpc) is 2.62. The van der Waals surface area contributed by atoms with Crippen molar-refractivity contribution in [3.8, 4) is 0 Å². The van der Waals surface area contributed by atoms with Crippen LogP contribution in [-0.2, 0) is 0 Å². The third-order valence-corrected chi connectivity index (χ3v) is 5.70. The Labute approximate surface area is 177 Å². The van der Waals surface area contributed by atoms with E-state index in [1.807, 2.05) is 0 Å². The summed E-state index contributed by atoms with van der Waals surface area (Å²) in [5.74, 6) is 1.93. The molecule has 0 bridgehead atoms. The molecule has 0 aromatic heterocycles. The molecule has 0 saturated heterocycles. The molecule has 0 aliphatic rings. The third kappa shape index (κ3) is 18.0. The molecule has 0 spiro atoms. The maximum absolute atomic E-state index is 9.67. The summed E-state index contributed by atoms with van der Waals surface area (Å²) in [6.07, 6.45) is 19.6. The van der Waals surface area contributed by atoms with E-state index in [9.17, 15) is 5.11 Å². The van der Waals surface area contributed by atoms with E-state index in [0.717, 1.165) is 24.7 Å². The summed E-state index contributed by atoms with van der Waals surface area (Å²) >= 11 is 0. The van der Waals surface area contributed by atoms with Gasteiger partial charge in [0.15, 0.2) is 0 Å². The highest BCUT2D eigenvalue weighted by Crippen LogP contribution is 2.35. The van der Waals surface area contributed by atoms with E-state index in [2.05, 4.69) is 34.6 Å². The molecular weight excluding hydrogens is 344 g/mol. The van der Waals surface area contributed by atoms with Crippen molar-refractivity contribution < 1.29 is 10.2 Å². The van der Waals surface area contributed by atoms with Crippen molar-refractivity contribution in [2.24, 2.45) is 11.3 Å². The summed E-state index contributed by atoms with van der Waals surface area (Å²) in [7, 11) is 0. The first-order chi connectivity index (χ1) is 13.3. The van der Waals surface area contributed by atoms with Crippen LogP contribution in [0.2, 0.25) is 0 Å². The van der Waals surface area contributed by atoms with E-state index in [4.69, 9.17) is 5.11 Å². The minimum atomic E-state index is -0.709. The van der Waals surface area contributed by atoms with Gasteiger partial charge in [-0.25, -0.2) is 0 Å². The second-order valence-corrected chi connectivity index (χ2v) is 9.45. The van der Waals surface area contributed by atoms with Crippen molar-refractivity contribution in [3.05, 3.63) is 26.7 Å². The molecule has 4 radical (unpaired) electrons. The van der Waals surface area contributed by atoms with Crippen LogP contribution in [0.3, 0.4) is 0 Å². The molecule has 166 valence electrons. The van der Waals surface area contributed by atoms with Crippen LogP contribution in [0.4, 0.5) is 0 Å². The molecule has 0 aromatic rings. The lowest BCUT2D eigenvalue weighted by molar-refractivity contribution is 0.0864. The Bertz CT molecular complexity index is 319. The quantitative estimate of drug-likeness (QED) is 0.213. The molecule has 0 rings (SSSR count). The number of unbranched alkanes of at least 4 members (excludes halogenated alkanes) is 12. The first kappa shape index (κ1) is 27.9. The molecule has 0 fully saturated rings. The van der Waals surface area contributed by atoms with Crippen LogP contribution in [0.1, 0.15) is 117 Å². The zero-order valence-electron chi connectivity index (χ0n) is 19.2. The predicted octanol–water partition coefficient (Wildman–Crippen LogP) is 7.30. The summed E-state index contributed by atoms with van der Waals surface area (Å²) in [6, 6.07) is 0. The topological polar surface area (TPSA) is 40.5 Å². The van der Waals surface area contributed by atoms with Gasteiger partial charge < -0.3 is 10.2 Å². The van der Waals surface area contributed by atoms with Gasteiger partial charge in [-0.2, -0.15) is 0 Å². The Hall–Kier alpha value is -0.0800. The first-order valence-electron chi connectivity index (χ1n) is 12.0. The lowest BCUT2D eigenvalue weighted by Crippen LogP contribution is -2.26. The molecule has 0 aliphatic carbocycles. The van der Waals surface area contributed by atoms with Gasteiger partial charge in [-0.15, -0.1) is 0 Å². The highest BCUT2D eigenvalue weighted by atomic mass is 16.3. The lowest BCUT2D eigenvalue weighted by atomic mass is 9.75. The molecular formula is C26H50O2. The standard InChI is InChI=1S/C26H50O2/c1-23(2)19-17-15-13-11-9-7-6-8-10-12-14-16-18-20-24(26(3,4)5)21-25(28)22-27/h23,25,27-28H,3-22H2,1-2H3. The van der Waals surface area contributed by atoms with Crippen LogP contribution in [0.25, 0.3) is 0 Å². The summed E-state index contributed by atoms with van der Waals surface area (Å²) in [6.45, 7) is 16.4. The third-order valence-electron chi connectivity index (χ3n) is 5.70. The zero-order valence-corrected chi connectivity index (χ0v) is 19.2. The fourth-order valence-corrected chi connectivity index (χ4v) is 3.77. The average molecular weight is 395 g/mol. The van der Waals surface area contributed by atoms with Crippen molar-refractivity contribution in [2.45, 2.75) is 123 Å². The molecule has 0 saturated carbocycles. The van der Waals surface area contributed by atoms with Crippen molar-refractivity contribution in [2.75, 3.05) is 6.61 Å². The molecule has 2 nitrogen and oxygen atoms in total.